The number of hydrogen-bond acceptors (Lipinski definition) is 6. The fraction of sp³-hybridized carbons (Fsp3) is 0.182. The van der Waals surface area contributed by atoms with Crippen molar-refractivity contribution >= 4 is 23.3 Å². The molecule has 0 radical (unpaired) electrons. The van der Waals surface area contributed by atoms with E-state index >= 15 is 0 Å². The average molecular weight is 312 g/mol. The van der Waals surface area contributed by atoms with Gasteiger partial charge in [-0.15, -0.1) is 5.10 Å². The van der Waals surface area contributed by atoms with Gasteiger partial charge in [0.05, 0.1) is 27.7 Å². The maximum Gasteiger partial charge on any atom is 0.358 e. The molecule has 2 rings (SSSR count). The Morgan fingerprint density at radius 2 is 2.24 bits per heavy atom. The molecule has 2 aromatic rings. The normalized spacial score (nSPS) is 10.6. The van der Waals surface area contributed by atoms with Crippen molar-refractivity contribution in [1.29, 1.82) is 0 Å². The van der Waals surface area contributed by atoms with Crippen molar-refractivity contribution in [3.63, 3.8) is 0 Å². The summed E-state index contributed by atoms with van der Waals surface area (Å²) in [4.78, 5) is 21.4. The lowest BCUT2D eigenvalue weighted by Gasteiger charge is -2.07. The Labute approximate surface area is 123 Å². The van der Waals surface area contributed by atoms with Gasteiger partial charge in [-0.25, -0.2) is 9.48 Å². The number of nitro groups is 1. The van der Waals surface area contributed by atoms with Crippen molar-refractivity contribution in [2.45, 2.75) is 13.1 Å². The SMILES string of the molecule is NCc1c(C(=O)O)nnn1Cc1c(Cl)cccc1[N+](=O)[O-]. The summed E-state index contributed by atoms with van der Waals surface area (Å²) in [5, 5.41) is 27.3. The summed E-state index contributed by atoms with van der Waals surface area (Å²) >= 11 is 5.97. The summed E-state index contributed by atoms with van der Waals surface area (Å²) in [5.74, 6) is -1.27. The second-order valence-corrected chi connectivity index (χ2v) is 4.45. The monoisotopic (exact) mass is 311 g/mol. The summed E-state index contributed by atoms with van der Waals surface area (Å²) in [7, 11) is 0. The van der Waals surface area contributed by atoms with Crippen LogP contribution in [0.15, 0.2) is 18.2 Å². The zero-order chi connectivity index (χ0) is 15.6. The molecule has 0 atom stereocenters. The lowest BCUT2D eigenvalue weighted by molar-refractivity contribution is -0.385. The van der Waals surface area contributed by atoms with Crippen LogP contribution in [0.3, 0.4) is 0 Å². The smallest absolute Gasteiger partial charge is 0.358 e. The molecule has 0 spiro atoms. The summed E-state index contributed by atoms with van der Waals surface area (Å²) in [6.45, 7) is -0.213. The summed E-state index contributed by atoms with van der Waals surface area (Å²) in [6.07, 6.45) is 0. The Kier molecular flexibility index (Phi) is 4.15. The van der Waals surface area contributed by atoms with Crippen LogP contribution < -0.4 is 5.73 Å². The third kappa shape index (κ3) is 2.83. The third-order valence-corrected chi connectivity index (χ3v) is 3.19. The van der Waals surface area contributed by atoms with Crippen LogP contribution in [0.1, 0.15) is 21.7 Å². The number of aromatic nitrogens is 3. The number of benzene rings is 1. The molecule has 0 aliphatic heterocycles. The quantitative estimate of drug-likeness (QED) is 0.621. The average Bonchev–Trinajstić information content (AvgIpc) is 2.83. The first-order valence-corrected chi connectivity index (χ1v) is 6.11. The number of nitro benzene ring substituents is 1. The van der Waals surface area contributed by atoms with Crippen molar-refractivity contribution < 1.29 is 14.8 Å². The van der Waals surface area contributed by atoms with Crippen molar-refractivity contribution in [2.75, 3.05) is 0 Å². The molecule has 1 aromatic heterocycles. The van der Waals surface area contributed by atoms with Gasteiger partial charge in [0.2, 0.25) is 0 Å². The number of aromatic carboxylic acids is 1. The number of nitrogens with two attached hydrogens (primary N) is 1. The predicted molar refractivity (Wildman–Crippen MR) is 72.1 cm³/mol. The van der Waals surface area contributed by atoms with Gasteiger partial charge in [-0.1, -0.05) is 22.9 Å². The fourth-order valence-electron chi connectivity index (χ4n) is 1.85. The van der Waals surface area contributed by atoms with Crippen LogP contribution >= 0.6 is 11.6 Å². The zero-order valence-electron chi connectivity index (χ0n) is 10.6. The van der Waals surface area contributed by atoms with Crippen LogP contribution in [0.4, 0.5) is 5.69 Å². The van der Waals surface area contributed by atoms with Crippen LogP contribution in [0, 0.1) is 10.1 Å². The van der Waals surface area contributed by atoms with Crippen molar-refractivity contribution in [2.24, 2.45) is 5.73 Å². The lowest BCUT2D eigenvalue weighted by atomic mass is 10.1. The molecule has 10 heteroatoms. The minimum absolute atomic E-state index is 0.0944. The van der Waals surface area contributed by atoms with Gasteiger partial charge in [0.25, 0.3) is 5.69 Å². The van der Waals surface area contributed by atoms with Crippen molar-refractivity contribution in [3.05, 3.63) is 50.3 Å². The largest absolute Gasteiger partial charge is 0.476 e. The van der Waals surface area contributed by atoms with Crippen LogP contribution in [0.25, 0.3) is 0 Å². The molecule has 110 valence electrons. The molecule has 3 N–H and O–H groups in total. The first-order valence-electron chi connectivity index (χ1n) is 5.73. The van der Waals surface area contributed by atoms with Gasteiger partial charge < -0.3 is 10.8 Å². The second kappa shape index (κ2) is 5.85. The zero-order valence-corrected chi connectivity index (χ0v) is 11.3. The van der Waals surface area contributed by atoms with Gasteiger partial charge >= 0.3 is 5.97 Å². The maximum absolute atomic E-state index is 11.0. The van der Waals surface area contributed by atoms with Gasteiger partial charge in [0, 0.05) is 12.6 Å². The summed E-state index contributed by atoms with van der Waals surface area (Å²) in [5.41, 5.74) is 5.40. The summed E-state index contributed by atoms with van der Waals surface area (Å²) in [6, 6.07) is 4.26. The van der Waals surface area contributed by atoms with E-state index in [2.05, 4.69) is 10.3 Å². The first-order chi connectivity index (χ1) is 9.95. The highest BCUT2D eigenvalue weighted by atomic mass is 35.5. The van der Waals surface area contributed by atoms with E-state index in [4.69, 9.17) is 22.4 Å². The maximum atomic E-state index is 11.0. The highest BCUT2D eigenvalue weighted by molar-refractivity contribution is 6.31. The Balaban J connectivity index is 2.48. The fourth-order valence-corrected chi connectivity index (χ4v) is 2.08. The number of rotatable bonds is 5. The number of carboxylic acids is 1. The molecule has 1 heterocycles. The lowest BCUT2D eigenvalue weighted by Crippen LogP contribution is -2.14. The molecule has 0 aliphatic rings. The third-order valence-electron chi connectivity index (χ3n) is 2.83. The molecule has 0 bridgehead atoms. The van der Waals surface area contributed by atoms with Crippen molar-refractivity contribution in [1.82, 2.24) is 15.0 Å². The van der Waals surface area contributed by atoms with E-state index < -0.39 is 10.9 Å². The molecule has 0 amide bonds. The second-order valence-electron chi connectivity index (χ2n) is 4.05. The molecule has 0 fully saturated rings. The molecule has 21 heavy (non-hydrogen) atoms. The van der Waals surface area contributed by atoms with Gasteiger partial charge in [-0.2, -0.15) is 0 Å². The van der Waals surface area contributed by atoms with Gasteiger partial charge in [0.1, 0.15) is 0 Å². The number of hydrogen-bond donors (Lipinski definition) is 2. The Morgan fingerprint density at radius 1 is 1.52 bits per heavy atom. The Bertz CT molecular complexity index is 715. The van der Waals surface area contributed by atoms with E-state index in [1.807, 2.05) is 0 Å². The van der Waals surface area contributed by atoms with E-state index in [1.54, 1.807) is 0 Å². The molecule has 1 aromatic carbocycles. The van der Waals surface area contributed by atoms with Crippen molar-refractivity contribution in [3.8, 4) is 0 Å². The van der Waals surface area contributed by atoms with Gasteiger partial charge in [-0.3, -0.25) is 10.1 Å². The molecule has 0 unspecified atom stereocenters. The van der Waals surface area contributed by atoms with Gasteiger partial charge in [0.15, 0.2) is 5.69 Å². The molecular weight excluding hydrogens is 302 g/mol. The molecular formula is C11H10ClN5O4. The topological polar surface area (TPSA) is 137 Å². The van der Waals surface area contributed by atoms with Crippen LogP contribution in [0.2, 0.25) is 5.02 Å². The first kappa shape index (κ1) is 14.9. The number of carboxylic acid groups (broad SMARTS) is 1. The number of halogens is 1. The molecule has 0 aliphatic carbocycles. The van der Waals surface area contributed by atoms with E-state index in [-0.39, 0.29) is 40.8 Å². The molecule has 0 saturated heterocycles. The van der Waals surface area contributed by atoms with E-state index in [9.17, 15) is 14.9 Å². The number of nitrogens with zero attached hydrogens (tertiary/aromatic N) is 4. The van der Waals surface area contributed by atoms with E-state index in [1.165, 1.54) is 22.9 Å². The Morgan fingerprint density at radius 3 is 2.81 bits per heavy atom. The van der Waals surface area contributed by atoms with Crippen LogP contribution in [-0.4, -0.2) is 31.0 Å². The number of carbonyl (C=O) groups is 1. The molecule has 0 saturated carbocycles. The highest BCUT2D eigenvalue weighted by Gasteiger charge is 2.22. The Hall–Kier alpha value is -2.52. The standard InChI is InChI=1S/C11H10ClN5O4/c12-7-2-1-3-8(17(20)21)6(7)5-16-9(4-13)10(11(18)19)14-15-16/h1-3H,4-5,13H2,(H,18,19). The van der Waals surface area contributed by atoms with E-state index in [0.717, 1.165) is 0 Å². The predicted octanol–water partition coefficient (Wildman–Crippen LogP) is 1.04. The minimum atomic E-state index is -1.27. The minimum Gasteiger partial charge on any atom is -0.476 e. The summed E-state index contributed by atoms with van der Waals surface area (Å²) < 4.78 is 1.19. The molecule has 9 nitrogen and oxygen atoms in total. The van der Waals surface area contributed by atoms with E-state index in [0.29, 0.717) is 0 Å². The van der Waals surface area contributed by atoms with Crippen LogP contribution in [0.5, 0.6) is 0 Å². The van der Waals surface area contributed by atoms with Crippen LogP contribution in [-0.2, 0) is 13.1 Å². The van der Waals surface area contributed by atoms with Gasteiger partial charge in [-0.05, 0) is 6.07 Å². The highest BCUT2D eigenvalue weighted by Crippen LogP contribution is 2.27.